The molecule has 108 valence electrons. The van der Waals surface area contributed by atoms with E-state index in [1.165, 1.54) is 30.3 Å². The minimum absolute atomic E-state index is 0.0429. The zero-order valence-electron chi connectivity index (χ0n) is 10.7. The van der Waals surface area contributed by atoms with Crippen molar-refractivity contribution in [1.82, 2.24) is 0 Å². The quantitative estimate of drug-likeness (QED) is 0.675. The van der Waals surface area contributed by atoms with Gasteiger partial charge in [-0.25, -0.2) is 9.18 Å². The Labute approximate surface area is 118 Å². The number of halogens is 1. The van der Waals surface area contributed by atoms with Crippen LogP contribution in [0.15, 0.2) is 42.5 Å². The largest absolute Gasteiger partial charge is 0.489 e. The maximum absolute atomic E-state index is 13.5. The van der Waals surface area contributed by atoms with E-state index in [1.807, 2.05) is 0 Å². The van der Waals surface area contributed by atoms with Crippen LogP contribution in [0.4, 0.5) is 10.1 Å². The van der Waals surface area contributed by atoms with Crippen molar-refractivity contribution in [2.45, 2.75) is 6.61 Å². The second-order valence-electron chi connectivity index (χ2n) is 4.15. The number of ether oxygens (including phenoxy) is 1. The maximum Gasteiger partial charge on any atom is 0.335 e. The second kappa shape index (κ2) is 6.00. The molecule has 0 unspecified atom stereocenters. The van der Waals surface area contributed by atoms with Crippen LogP contribution in [0.5, 0.6) is 5.75 Å². The molecule has 7 heteroatoms. The van der Waals surface area contributed by atoms with Crippen LogP contribution in [0, 0.1) is 15.9 Å². The number of nitro groups is 1. The van der Waals surface area contributed by atoms with Crippen molar-refractivity contribution in [3.8, 4) is 5.75 Å². The second-order valence-corrected chi connectivity index (χ2v) is 4.15. The summed E-state index contributed by atoms with van der Waals surface area (Å²) in [6.07, 6.45) is 0. The molecule has 0 heterocycles. The number of hydrogen-bond donors (Lipinski definition) is 1. The Balaban J connectivity index is 2.10. The molecular formula is C14H10FNO5. The zero-order valence-corrected chi connectivity index (χ0v) is 10.7. The Morgan fingerprint density at radius 2 is 1.90 bits per heavy atom. The smallest absolute Gasteiger partial charge is 0.335 e. The van der Waals surface area contributed by atoms with Gasteiger partial charge >= 0.3 is 5.97 Å². The zero-order chi connectivity index (χ0) is 15.4. The van der Waals surface area contributed by atoms with Gasteiger partial charge in [0, 0.05) is 17.7 Å². The fraction of sp³-hybridized carbons (Fsp3) is 0.0714. The van der Waals surface area contributed by atoms with Gasteiger partial charge in [-0.2, -0.15) is 0 Å². The van der Waals surface area contributed by atoms with Gasteiger partial charge in [-0.05, 0) is 30.3 Å². The molecule has 0 saturated carbocycles. The lowest BCUT2D eigenvalue weighted by atomic mass is 10.1. The monoisotopic (exact) mass is 291 g/mol. The van der Waals surface area contributed by atoms with Gasteiger partial charge < -0.3 is 9.84 Å². The number of aromatic carboxylic acids is 1. The fourth-order valence-corrected chi connectivity index (χ4v) is 1.64. The number of hydrogen-bond acceptors (Lipinski definition) is 4. The average Bonchev–Trinajstić information content (AvgIpc) is 2.46. The third-order valence-corrected chi connectivity index (χ3v) is 2.73. The highest BCUT2D eigenvalue weighted by Crippen LogP contribution is 2.19. The standard InChI is InChI=1S/C14H10FNO5/c15-13-6-1-9(14(17)18)7-10(13)8-21-12-4-2-11(3-5-12)16(19)20/h1-7H,8H2,(H,17,18). The minimum atomic E-state index is -1.16. The van der Waals surface area contributed by atoms with Gasteiger partial charge in [-0.3, -0.25) is 10.1 Å². The summed E-state index contributed by atoms with van der Waals surface area (Å²) >= 11 is 0. The first kappa shape index (κ1) is 14.4. The summed E-state index contributed by atoms with van der Waals surface area (Å²) in [7, 11) is 0. The molecule has 0 amide bonds. The van der Waals surface area contributed by atoms with E-state index in [1.54, 1.807) is 0 Å². The van der Waals surface area contributed by atoms with Crippen molar-refractivity contribution in [2.24, 2.45) is 0 Å². The summed E-state index contributed by atoms with van der Waals surface area (Å²) in [6.45, 7) is -0.176. The fourth-order valence-electron chi connectivity index (χ4n) is 1.64. The van der Waals surface area contributed by atoms with E-state index in [-0.39, 0.29) is 23.4 Å². The molecule has 2 aromatic carbocycles. The number of nitro benzene ring substituents is 1. The van der Waals surface area contributed by atoms with E-state index < -0.39 is 16.7 Å². The molecule has 0 bridgehead atoms. The van der Waals surface area contributed by atoms with Gasteiger partial charge in [0.25, 0.3) is 5.69 Å². The molecule has 0 atom stereocenters. The predicted octanol–water partition coefficient (Wildman–Crippen LogP) is 3.01. The summed E-state index contributed by atoms with van der Waals surface area (Å²) in [5.74, 6) is -1.42. The maximum atomic E-state index is 13.5. The molecule has 0 spiro atoms. The average molecular weight is 291 g/mol. The van der Waals surface area contributed by atoms with E-state index in [0.717, 1.165) is 12.1 Å². The Morgan fingerprint density at radius 3 is 2.48 bits per heavy atom. The van der Waals surface area contributed by atoms with Gasteiger partial charge in [-0.15, -0.1) is 0 Å². The van der Waals surface area contributed by atoms with Crippen LogP contribution >= 0.6 is 0 Å². The molecule has 2 rings (SSSR count). The topological polar surface area (TPSA) is 89.7 Å². The van der Waals surface area contributed by atoms with Gasteiger partial charge in [-0.1, -0.05) is 0 Å². The molecule has 0 fully saturated rings. The Kier molecular flexibility index (Phi) is 4.13. The molecule has 6 nitrogen and oxygen atoms in total. The molecule has 2 aromatic rings. The summed E-state index contributed by atoms with van der Waals surface area (Å²) in [4.78, 5) is 20.8. The molecular weight excluding hydrogens is 281 g/mol. The summed E-state index contributed by atoms with van der Waals surface area (Å²) in [5.41, 5.74) is -0.0339. The summed E-state index contributed by atoms with van der Waals surface area (Å²) in [6, 6.07) is 8.70. The Morgan fingerprint density at radius 1 is 1.24 bits per heavy atom. The highest BCUT2D eigenvalue weighted by atomic mass is 19.1. The van der Waals surface area contributed by atoms with E-state index in [2.05, 4.69) is 0 Å². The van der Waals surface area contributed by atoms with Crippen LogP contribution in [-0.2, 0) is 6.61 Å². The van der Waals surface area contributed by atoms with Crippen molar-refractivity contribution >= 4 is 11.7 Å². The molecule has 0 aliphatic rings. The van der Waals surface area contributed by atoms with Gasteiger partial charge in [0.2, 0.25) is 0 Å². The Bertz CT molecular complexity index is 684. The van der Waals surface area contributed by atoms with E-state index in [0.29, 0.717) is 5.75 Å². The number of carboxylic acids is 1. The van der Waals surface area contributed by atoms with Gasteiger partial charge in [0.05, 0.1) is 10.5 Å². The van der Waals surface area contributed by atoms with Crippen molar-refractivity contribution in [3.05, 3.63) is 69.5 Å². The van der Waals surface area contributed by atoms with Crippen LogP contribution in [0.2, 0.25) is 0 Å². The highest BCUT2D eigenvalue weighted by molar-refractivity contribution is 5.87. The first-order valence-electron chi connectivity index (χ1n) is 5.86. The lowest BCUT2D eigenvalue weighted by molar-refractivity contribution is -0.384. The van der Waals surface area contributed by atoms with Crippen LogP contribution in [0.3, 0.4) is 0 Å². The van der Waals surface area contributed by atoms with Gasteiger partial charge in [0.1, 0.15) is 18.2 Å². The third kappa shape index (κ3) is 3.53. The molecule has 21 heavy (non-hydrogen) atoms. The Hall–Kier alpha value is -2.96. The minimum Gasteiger partial charge on any atom is -0.489 e. The van der Waals surface area contributed by atoms with Crippen LogP contribution in [-0.4, -0.2) is 16.0 Å². The summed E-state index contributed by atoms with van der Waals surface area (Å²) < 4.78 is 18.8. The van der Waals surface area contributed by atoms with E-state index >= 15 is 0 Å². The number of rotatable bonds is 5. The van der Waals surface area contributed by atoms with Crippen molar-refractivity contribution in [2.75, 3.05) is 0 Å². The number of carbonyl (C=O) groups is 1. The lowest BCUT2D eigenvalue weighted by Crippen LogP contribution is -2.03. The molecule has 0 aliphatic carbocycles. The molecule has 0 aromatic heterocycles. The van der Waals surface area contributed by atoms with Crippen LogP contribution in [0.25, 0.3) is 0 Å². The SMILES string of the molecule is O=C(O)c1ccc(F)c(COc2ccc([N+](=O)[O-])cc2)c1. The van der Waals surface area contributed by atoms with Crippen molar-refractivity contribution in [1.29, 1.82) is 0 Å². The predicted molar refractivity (Wildman–Crippen MR) is 70.8 cm³/mol. The number of non-ortho nitro benzene ring substituents is 1. The highest BCUT2D eigenvalue weighted by Gasteiger charge is 2.10. The first-order valence-corrected chi connectivity index (χ1v) is 5.86. The van der Waals surface area contributed by atoms with Gasteiger partial charge in [0.15, 0.2) is 0 Å². The normalized spacial score (nSPS) is 10.1. The molecule has 0 radical (unpaired) electrons. The van der Waals surface area contributed by atoms with E-state index in [9.17, 15) is 19.3 Å². The molecule has 0 saturated heterocycles. The van der Waals surface area contributed by atoms with Crippen LogP contribution < -0.4 is 4.74 Å². The van der Waals surface area contributed by atoms with Crippen molar-refractivity contribution < 1.29 is 24.0 Å². The third-order valence-electron chi connectivity index (χ3n) is 2.73. The lowest BCUT2D eigenvalue weighted by Gasteiger charge is -2.07. The first-order chi connectivity index (χ1) is 9.97. The number of benzene rings is 2. The van der Waals surface area contributed by atoms with Crippen LogP contribution in [0.1, 0.15) is 15.9 Å². The molecule has 0 aliphatic heterocycles. The van der Waals surface area contributed by atoms with Crippen molar-refractivity contribution in [3.63, 3.8) is 0 Å². The summed E-state index contributed by atoms with van der Waals surface area (Å²) in [5, 5.41) is 19.3. The number of nitrogens with zero attached hydrogens (tertiary/aromatic N) is 1. The number of carboxylic acid groups (broad SMARTS) is 1. The molecule has 1 N–H and O–H groups in total. The van der Waals surface area contributed by atoms with E-state index in [4.69, 9.17) is 9.84 Å².